The molecule has 3 rings (SSSR count). The Morgan fingerprint density at radius 2 is 1.76 bits per heavy atom. The quantitative estimate of drug-likeness (QED) is 0.875. The minimum Gasteiger partial charge on any atom is -0.493 e. The molecular weight excluding hydrogens is 314 g/mol. The molecule has 1 aliphatic heterocycles. The maximum atomic E-state index is 12.7. The number of carbonyl (C=O) groups is 1. The van der Waals surface area contributed by atoms with Gasteiger partial charge in [0.1, 0.15) is 5.75 Å². The largest absolute Gasteiger partial charge is 0.493 e. The van der Waals surface area contributed by atoms with Crippen molar-refractivity contribution in [3.8, 4) is 5.75 Å². The summed E-state index contributed by atoms with van der Waals surface area (Å²) < 4.78 is 11.1. The Morgan fingerprint density at radius 3 is 2.48 bits per heavy atom. The van der Waals surface area contributed by atoms with E-state index in [4.69, 9.17) is 9.47 Å². The molecule has 0 aliphatic carbocycles. The van der Waals surface area contributed by atoms with E-state index in [1.165, 1.54) is 5.56 Å². The highest BCUT2D eigenvalue weighted by atomic mass is 16.5. The Hall–Kier alpha value is -2.33. The second-order valence-corrected chi connectivity index (χ2v) is 6.37. The Balaban J connectivity index is 1.77. The first-order chi connectivity index (χ1) is 12.2. The number of carbonyl (C=O) groups excluding carboxylic acids is 1. The zero-order valence-corrected chi connectivity index (χ0v) is 14.7. The fourth-order valence-electron chi connectivity index (χ4n) is 3.40. The second-order valence-electron chi connectivity index (χ2n) is 6.37. The maximum absolute atomic E-state index is 12.7. The predicted octanol–water partition coefficient (Wildman–Crippen LogP) is 3.56. The molecule has 0 aromatic heterocycles. The summed E-state index contributed by atoms with van der Waals surface area (Å²) in [5, 5.41) is 3.13. The number of nitrogens with one attached hydrogen (secondary N) is 1. The molecule has 1 amide bonds. The number of hydrogen-bond donors (Lipinski definition) is 1. The van der Waals surface area contributed by atoms with Crippen LogP contribution in [0.3, 0.4) is 0 Å². The van der Waals surface area contributed by atoms with E-state index in [0.717, 1.165) is 26.1 Å². The number of benzene rings is 2. The Bertz CT molecular complexity index is 693. The first-order valence-corrected chi connectivity index (χ1v) is 8.88. The van der Waals surface area contributed by atoms with Crippen molar-refractivity contribution in [1.82, 2.24) is 5.32 Å². The van der Waals surface area contributed by atoms with Gasteiger partial charge in [-0.2, -0.15) is 0 Å². The van der Waals surface area contributed by atoms with Crippen LogP contribution >= 0.6 is 0 Å². The van der Waals surface area contributed by atoms with Crippen LogP contribution < -0.4 is 10.1 Å². The van der Waals surface area contributed by atoms with Crippen LogP contribution in [0.25, 0.3) is 0 Å². The van der Waals surface area contributed by atoms with Gasteiger partial charge in [0, 0.05) is 25.2 Å². The average molecular weight is 339 g/mol. The van der Waals surface area contributed by atoms with E-state index in [1.54, 1.807) is 6.07 Å². The van der Waals surface area contributed by atoms with Gasteiger partial charge in [-0.25, -0.2) is 0 Å². The van der Waals surface area contributed by atoms with Crippen LogP contribution in [-0.2, 0) is 10.2 Å². The summed E-state index contributed by atoms with van der Waals surface area (Å²) in [6.45, 7) is 4.50. The lowest BCUT2D eigenvalue weighted by molar-refractivity contribution is 0.0487. The van der Waals surface area contributed by atoms with E-state index in [2.05, 4.69) is 29.6 Å². The van der Waals surface area contributed by atoms with Crippen molar-refractivity contribution < 1.29 is 14.3 Å². The minimum atomic E-state index is -0.0918. The van der Waals surface area contributed by atoms with E-state index in [9.17, 15) is 4.79 Å². The van der Waals surface area contributed by atoms with Crippen LogP contribution in [0.2, 0.25) is 0 Å². The summed E-state index contributed by atoms with van der Waals surface area (Å²) in [5.41, 5.74) is 1.77. The normalized spacial score (nSPS) is 16.2. The van der Waals surface area contributed by atoms with Gasteiger partial charge in [0.2, 0.25) is 0 Å². The number of rotatable bonds is 6. The SMILES string of the molecule is CCOc1ccccc1C(=O)NCC1(c2ccccc2)CCOCC1. The van der Waals surface area contributed by atoms with Crippen LogP contribution in [0, 0.1) is 0 Å². The van der Waals surface area contributed by atoms with Crippen molar-refractivity contribution in [2.45, 2.75) is 25.2 Å². The highest BCUT2D eigenvalue weighted by molar-refractivity contribution is 5.96. The van der Waals surface area contributed by atoms with Crippen LogP contribution in [0.4, 0.5) is 0 Å². The lowest BCUT2D eigenvalue weighted by Crippen LogP contribution is -2.44. The van der Waals surface area contributed by atoms with Crippen LogP contribution in [0.15, 0.2) is 54.6 Å². The van der Waals surface area contributed by atoms with Crippen molar-refractivity contribution >= 4 is 5.91 Å². The molecule has 2 aromatic rings. The van der Waals surface area contributed by atoms with Crippen molar-refractivity contribution in [1.29, 1.82) is 0 Å². The van der Waals surface area contributed by atoms with Gasteiger partial charge in [-0.3, -0.25) is 4.79 Å². The number of hydrogen-bond acceptors (Lipinski definition) is 3. The zero-order valence-electron chi connectivity index (χ0n) is 14.7. The van der Waals surface area contributed by atoms with Crippen molar-refractivity contribution in [3.05, 3.63) is 65.7 Å². The summed E-state index contributed by atoms with van der Waals surface area (Å²) in [6.07, 6.45) is 1.81. The molecule has 1 heterocycles. The fraction of sp³-hybridized carbons (Fsp3) is 0.381. The topological polar surface area (TPSA) is 47.6 Å². The summed E-state index contributed by atoms with van der Waals surface area (Å²) in [5.74, 6) is 0.536. The third-order valence-electron chi connectivity index (χ3n) is 4.85. The molecule has 4 nitrogen and oxygen atoms in total. The molecule has 1 fully saturated rings. The summed E-state index contributed by atoms with van der Waals surface area (Å²) in [7, 11) is 0. The third kappa shape index (κ3) is 4.02. The molecule has 0 bridgehead atoms. The molecular formula is C21H25NO3. The van der Waals surface area contributed by atoms with E-state index in [0.29, 0.717) is 24.5 Å². The third-order valence-corrected chi connectivity index (χ3v) is 4.85. The first kappa shape index (κ1) is 17.5. The van der Waals surface area contributed by atoms with Gasteiger partial charge in [-0.15, -0.1) is 0 Å². The van der Waals surface area contributed by atoms with E-state index < -0.39 is 0 Å². The van der Waals surface area contributed by atoms with Crippen LogP contribution in [0.1, 0.15) is 35.7 Å². The molecule has 1 aliphatic rings. The van der Waals surface area contributed by atoms with Gasteiger partial charge in [0.25, 0.3) is 5.91 Å². The van der Waals surface area contributed by atoms with Crippen LogP contribution in [0.5, 0.6) is 5.75 Å². The summed E-state index contributed by atoms with van der Waals surface area (Å²) >= 11 is 0. The Kier molecular flexibility index (Phi) is 5.71. The van der Waals surface area contributed by atoms with Gasteiger partial charge < -0.3 is 14.8 Å². The lowest BCUT2D eigenvalue weighted by atomic mass is 9.74. The van der Waals surface area contributed by atoms with Gasteiger partial charge in [0.15, 0.2) is 0 Å². The van der Waals surface area contributed by atoms with E-state index in [-0.39, 0.29) is 11.3 Å². The fourth-order valence-corrected chi connectivity index (χ4v) is 3.40. The Morgan fingerprint density at radius 1 is 1.08 bits per heavy atom. The molecule has 25 heavy (non-hydrogen) atoms. The molecule has 132 valence electrons. The molecule has 0 radical (unpaired) electrons. The molecule has 1 saturated heterocycles. The monoisotopic (exact) mass is 339 g/mol. The smallest absolute Gasteiger partial charge is 0.255 e. The van der Waals surface area contributed by atoms with E-state index >= 15 is 0 Å². The van der Waals surface area contributed by atoms with Crippen molar-refractivity contribution in [2.24, 2.45) is 0 Å². The van der Waals surface area contributed by atoms with Crippen LogP contribution in [-0.4, -0.2) is 32.3 Å². The molecule has 0 saturated carbocycles. The minimum absolute atomic E-state index is 0.0737. The molecule has 1 N–H and O–H groups in total. The number of ether oxygens (including phenoxy) is 2. The summed E-state index contributed by atoms with van der Waals surface area (Å²) in [4.78, 5) is 12.7. The van der Waals surface area contributed by atoms with Gasteiger partial charge >= 0.3 is 0 Å². The highest BCUT2D eigenvalue weighted by Crippen LogP contribution is 2.34. The molecule has 2 aromatic carbocycles. The molecule has 0 spiro atoms. The number of amides is 1. The lowest BCUT2D eigenvalue weighted by Gasteiger charge is -2.38. The molecule has 0 atom stereocenters. The summed E-state index contributed by atoms with van der Waals surface area (Å²) in [6, 6.07) is 17.8. The van der Waals surface area contributed by atoms with Crippen molar-refractivity contribution in [2.75, 3.05) is 26.4 Å². The van der Waals surface area contributed by atoms with Crippen molar-refractivity contribution in [3.63, 3.8) is 0 Å². The first-order valence-electron chi connectivity index (χ1n) is 8.88. The molecule has 0 unspecified atom stereocenters. The second kappa shape index (κ2) is 8.17. The van der Waals surface area contributed by atoms with Gasteiger partial charge in [-0.1, -0.05) is 42.5 Å². The predicted molar refractivity (Wildman–Crippen MR) is 98.1 cm³/mol. The van der Waals surface area contributed by atoms with Gasteiger partial charge in [-0.05, 0) is 37.5 Å². The average Bonchev–Trinajstić information content (AvgIpc) is 2.68. The standard InChI is InChI=1S/C21H25NO3/c1-2-25-19-11-7-6-10-18(19)20(23)22-16-21(12-14-24-15-13-21)17-8-4-3-5-9-17/h3-11H,2,12-16H2,1H3,(H,22,23). The zero-order chi connectivity index (χ0) is 17.5. The Labute approximate surface area is 149 Å². The highest BCUT2D eigenvalue weighted by Gasteiger charge is 2.34. The molecule has 4 heteroatoms. The van der Waals surface area contributed by atoms with Gasteiger partial charge in [0.05, 0.1) is 12.2 Å². The van der Waals surface area contributed by atoms with E-state index in [1.807, 2.05) is 31.2 Å². The maximum Gasteiger partial charge on any atom is 0.255 e. The number of para-hydroxylation sites is 1.